The van der Waals surface area contributed by atoms with Gasteiger partial charge in [0.1, 0.15) is 17.0 Å². The number of hydrogen-bond acceptors (Lipinski definition) is 5. The number of carbonyl (C=O) groups excluding carboxylic acids is 1. The van der Waals surface area contributed by atoms with Crippen molar-refractivity contribution in [2.45, 2.75) is 12.0 Å². The van der Waals surface area contributed by atoms with E-state index in [2.05, 4.69) is 52.9 Å². The van der Waals surface area contributed by atoms with Crippen molar-refractivity contribution in [1.29, 1.82) is 0 Å². The molecular weight excluding hydrogens is 536 g/mol. The zero-order valence-corrected chi connectivity index (χ0v) is 20.4. The van der Waals surface area contributed by atoms with E-state index in [1.165, 1.54) is 6.21 Å². The van der Waals surface area contributed by atoms with E-state index in [0.717, 1.165) is 20.1 Å². The number of amides is 1. The molecule has 6 nitrogen and oxygen atoms in total. The number of carbonyl (C=O) groups is 1. The Kier molecular flexibility index (Phi) is 6.72. The Bertz CT molecular complexity index is 1140. The largest absolute Gasteiger partial charge is 0.495 e. The molecule has 0 fully saturated rings. The summed E-state index contributed by atoms with van der Waals surface area (Å²) in [7, 11) is 1.58. The highest BCUT2D eigenvalue weighted by molar-refractivity contribution is 9.11. The molecule has 3 aromatic rings. The Labute approximate surface area is 203 Å². The van der Waals surface area contributed by atoms with Gasteiger partial charge in [-0.25, -0.2) is 5.43 Å². The molecule has 0 aliphatic carbocycles. The zero-order valence-electron chi connectivity index (χ0n) is 17.2. The molecule has 0 saturated carbocycles. The summed E-state index contributed by atoms with van der Waals surface area (Å²) in [6.45, 7) is 0. The van der Waals surface area contributed by atoms with E-state index in [4.69, 9.17) is 4.74 Å². The molecule has 0 spiro atoms. The van der Waals surface area contributed by atoms with Crippen LogP contribution in [0.5, 0.6) is 5.75 Å². The summed E-state index contributed by atoms with van der Waals surface area (Å²) in [6.07, 6.45) is 1.94. The maximum Gasteiger partial charge on any atom is 0.287 e. The highest BCUT2D eigenvalue weighted by Gasteiger charge is 2.41. The van der Waals surface area contributed by atoms with Crippen LogP contribution in [0.15, 0.2) is 91.9 Å². The summed E-state index contributed by atoms with van der Waals surface area (Å²) in [5, 5.41) is 8.49. The standard InChI is InChI=1S/C24H20Br2N4O2/c1-32-22-16(12-19(25)13-20(22)26)15-27-29-23(31)21-14-24(30-28-21,17-8-4-2-5-9-17)18-10-6-3-7-11-18/h2-13,15,30H,14H2,1H3,(H,29,31)/b27-15+. The summed E-state index contributed by atoms with van der Waals surface area (Å²) in [6, 6.07) is 23.7. The van der Waals surface area contributed by atoms with Gasteiger partial charge in [0.05, 0.1) is 17.8 Å². The summed E-state index contributed by atoms with van der Waals surface area (Å²) in [5.74, 6) is 0.258. The molecule has 0 atom stereocenters. The van der Waals surface area contributed by atoms with Gasteiger partial charge in [-0.1, -0.05) is 76.6 Å². The van der Waals surface area contributed by atoms with Crippen LogP contribution in [0, 0.1) is 0 Å². The van der Waals surface area contributed by atoms with Crippen LogP contribution in [-0.4, -0.2) is 24.9 Å². The van der Waals surface area contributed by atoms with Crippen molar-refractivity contribution in [3.8, 4) is 5.75 Å². The fourth-order valence-electron chi connectivity index (χ4n) is 3.69. The Balaban J connectivity index is 1.53. The van der Waals surface area contributed by atoms with E-state index < -0.39 is 5.54 Å². The molecule has 4 rings (SSSR count). The number of halogens is 2. The van der Waals surface area contributed by atoms with E-state index in [-0.39, 0.29) is 5.91 Å². The number of hydrazone groups is 2. The summed E-state index contributed by atoms with van der Waals surface area (Å²) < 4.78 is 7.05. The molecule has 1 amide bonds. The van der Waals surface area contributed by atoms with Crippen LogP contribution in [0.3, 0.4) is 0 Å². The molecule has 1 aliphatic heterocycles. The molecule has 1 heterocycles. The van der Waals surface area contributed by atoms with Gasteiger partial charge in [-0.3, -0.25) is 10.2 Å². The van der Waals surface area contributed by atoms with Crippen molar-refractivity contribution in [1.82, 2.24) is 10.9 Å². The van der Waals surface area contributed by atoms with E-state index in [1.807, 2.05) is 72.8 Å². The molecule has 162 valence electrons. The van der Waals surface area contributed by atoms with Gasteiger partial charge in [0, 0.05) is 16.5 Å². The number of benzene rings is 3. The quantitative estimate of drug-likeness (QED) is 0.333. The van der Waals surface area contributed by atoms with Crippen molar-refractivity contribution < 1.29 is 9.53 Å². The third-order valence-electron chi connectivity index (χ3n) is 5.22. The van der Waals surface area contributed by atoms with E-state index in [0.29, 0.717) is 23.4 Å². The van der Waals surface area contributed by atoms with Crippen molar-refractivity contribution >= 4 is 49.7 Å². The van der Waals surface area contributed by atoms with Gasteiger partial charge < -0.3 is 4.74 Å². The first-order valence-electron chi connectivity index (χ1n) is 9.85. The molecule has 3 aromatic carbocycles. The predicted octanol–water partition coefficient (Wildman–Crippen LogP) is 4.96. The second-order valence-electron chi connectivity index (χ2n) is 7.19. The second-order valence-corrected chi connectivity index (χ2v) is 8.96. The number of nitrogens with zero attached hydrogens (tertiary/aromatic N) is 2. The third-order valence-corrected chi connectivity index (χ3v) is 6.27. The highest BCUT2D eigenvalue weighted by Crippen LogP contribution is 2.36. The number of rotatable bonds is 6. The minimum atomic E-state index is -0.614. The van der Waals surface area contributed by atoms with Crippen LogP contribution >= 0.6 is 31.9 Å². The first-order chi connectivity index (χ1) is 15.5. The molecule has 0 unspecified atom stereocenters. The lowest BCUT2D eigenvalue weighted by molar-refractivity contribution is -0.114. The number of methoxy groups -OCH3 is 1. The maximum absolute atomic E-state index is 12.8. The second kappa shape index (κ2) is 9.67. The van der Waals surface area contributed by atoms with Gasteiger partial charge in [0.2, 0.25) is 0 Å². The third kappa shape index (κ3) is 4.47. The van der Waals surface area contributed by atoms with Crippen LogP contribution in [0.2, 0.25) is 0 Å². The summed E-state index contributed by atoms with van der Waals surface area (Å²) in [5.41, 5.74) is 8.33. The molecule has 8 heteroatoms. The minimum absolute atomic E-state index is 0.365. The van der Waals surface area contributed by atoms with Crippen LogP contribution in [0.4, 0.5) is 0 Å². The lowest BCUT2D eigenvalue weighted by Gasteiger charge is -2.30. The summed E-state index contributed by atoms with van der Waals surface area (Å²) >= 11 is 6.90. The highest BCUT2D eigenvalue weighted by atomic mass is 79.9. The molecule has 0 aromatic heterocycles. The van der Waals surface area contributed by atoms with Gasteiger partial charge in [-0.15, -0.1) is 0 Å². The zero-order chi connectivity index (χ0) is 22.6. The number of ether oxygens (including phenoxy) is 1. The average Bonchev–Trinajstić information content (AvgIpc) is 3.27. The number of hydrogen-bond donors (Lipinski definition) is 2. The molecule has 1 aliphatic rings. The molecular formula is C24H20Br2N4O2. The monoisotopic (exact) mass is 554 g/mol. The predicted molar refractivity (Wildman–Crippen MR) is 133 cm³/mol. The first kappa shape index (κ1) is 22.2. The van der Waals surface area contributed by atoms with E-state index in [9.17, 15) is 4.79 Å². The van der Waals surface area contributed by atoms with Gasteiger partial charge in [0.25, 0.3) is 5.91 Å². The molecule has 0 saturated heterocycles. The maximum atomic E-state index is 12.8. The minimum Gasteiger partial charge on any atom is -0.495 e. The molecule has 32 heavy (non-hydrogen) atoms. The van der Waals surface area contributed by atoms with Crippen molar-refractivity contribution in [2.75, 3.05) is 7.11 Å². The Morgan fingerprint density at radius 1 is 1.09 bits per heavy atom. The lowest BCUT2D eigenvalue weighted by atomic mass is 9.80. The Hall–Kier alpha value is -2.97. The topological polar surface area (TPSA) is 75.1 Å². The molecule has 0 radical (unpaired) electrons. The van der Waals surface area contributed by atoms with Crippen LogP contribution in [0.25, 0.3) is 0 Å². The van der Waals surface area contributed by atoms with Crippen LogP contribution in [-0.2, 0) is 10.3 Å². The Morgan fingerprint density at radius 3 is 2.31 bits per heavy atom. The fourth-order valence-corrected chi connectivity index (χ4v) is 5.11. The van der Waals surface area contributed by atoms with E-state index >= 15 is 0 Å². The van der Waals surface area contributed by atoms with Crippen LogP contribution in [0.1, 0.15) is 23.1 Å². The van der Waals surface area contributed by atoms with Crippen molar-refractivity contribution in [2.24, 2.45) is 10.2 Å². The lowest BCUT2D eigenvalue weighted by Crippen LogP contribution is -2.38. The normalized spacial score (nSPS) is 14.7. The smallest absolute Gasteiger partial charge is 0.287 e. The SMILES string of the molecule is COc1c(Br)cc(Br)cc1/C=N/NC(=O)C1=NNC(c2ccccc2)(c2ccccc2)C1. The van der Waals surface area contributed by atoms with Crippen molar-refractivity contribution in [3.05, 3.63) is 98.4 Å². The van der Waals surface area contributed by atoms with E-state index in [1.54, 1.807) is 7.11 Å². The first-order valence-corrected chi connectivity index (χ1v) is 11.4. The molecule has 0 bridgehead atoms. The number of nitrogens with one attached hydrogen (secondary N) is 2. The Morgan fingerprint density at radius 2 is 1.72 bits per heavy atom. The summed E-state index contributed by atoms with van der Waals surface area (Å²) in [4.78, 5) is 12.8. The van der Waals surface area contributed by atoms with Gasteiger partial charge in [-0.2, -0.15) is 10.2 Å². The van der Waals surface area contributed by atoms with Gasteiger partial charge >= 0.3 is 0 Å². The van der Waals surface area contributed by atoms with Crippen molar-refractivity contribution in [3.63, 3.8) is 0 Å². The van der Waals surface area contributed by atoms with Gasteiger partial charge in [-0.05, 0) is 39.2 Å². The van der Waals surface area contributed by atoms with Crippen LogP contribution < -0.4 is 15.6 Å². The fraction of sp³-hybridized carbons (Fsp3) is 0.125. The molecule has 2 N–H and O–H groups in total. The average molecular weight is 556 g/mol. The van der Waals surface area contributed by atoms with Gasteiger partial charge in [0.15, 0.2) is 0 Å².